The van der Waals surface area contributed by atoms with Crippen LogP contribution < -0.4 is 15.0 Å². The zero-order chi connectivity index (χ0) is 23.3. The van der Waals surface area contributed by atoms with Crippen LogP contribution in [0.5, 0.6) is 5.75 Å². The zero-order valence-corrected chi connectivity index (χ0v) is 18.5. The van der Waals surface area contributed by atoms with Crippen LogP contribution in [0.15, 0.2) is 36.4 Å². The zero-order valence-electron chi connectivity index (χ0n) is 18.5. The van der Waals surface area contributed by atoms with Gasteiger partial charge in [-0.05, 0) is 17.5 Å². The molecule has 2 rings (SSSR count). The summed E-state index contributed by atoms with van der Waals surface area (Å²) in [5.74, 6) is -0.721. The van der Waals surface area contributed by atoms with Gasteiger partial charge in [0.1, 0.15) is 36.7 Å². The third kappa shape index (κ3) is 6.27. The highest BCUT2D eigenvalue weighted by molar-refractivity contribution is 6.01. The van der Waals surface area contributed by atoms with Crippen molar-refractivity contribution in [3.8, 4) is 5.75 Å². The molecule has 1 unspecified atom stereocenters. The number of nitrogens with one attached hydrogen (secondary N) is 1. The summed E-state index contributed by atoms with van der Waals surface area (Å²) in [6, 6.07) is 5.95. The number of anilines is 1. The highest BCUT2D eigenvalue weighted by atomic mass is 16.5. The topological polar surface area (TPSA) is 129 Å². The maximum absolute atomic E-state index is 12.8. The molecule has 9 nitrogen and oxygen atoms in total. The molecule has 0 radical (unpaired) electrons. The Morgan fingerprint density at radius 3 is 2.52 bits per heavy atom. The predicted octanol–water partition coefficient (Wildman–Crippen LogP) is 0.227. The summed E-state index contributed by atoms with van der Waals surface area (Å²) in [7, 11) is 2.75. The fourth-order valence-corrected chi connectivity index (χ4v) is 3.09. The number of aliphatic hydroxyl groups excluding tert-OH is 3. The minimum absolute atomic E-state index is 0.113. The van der Waals surface area contributed by atoms with Crippen LogP contribution in [0.3, 0.4) is 0 Å². The molecule has 1 aromatic rings. The van der Waals surface area contributed by atoms with E-state index in [0.717, 1.165) is 0 Å². The Morgan fingerprint density at radius 1 is 1.26 bits per heavy atom. The Balaban J connectivity index is 2.08. The van der Waals surface area contributed by atoms with Crippen LogP contribution in [0.25, 0.3) is 0 Å². The van der Waals surface area contributed by atoms with Crippen molar-refractivity contribution >= 4 is 17.5 Å². The monoisotopic (exact) mass is 436 g/mol. The second-order valence-electron chi connectivity index (χ2n) is 8.59. The van der Waals surface area contributed by atoms with Gasteiger partial charge in [-0.25, -0.2) is 0 Å². The molecule has 1 aliphatic heterocycles. The van der Waals surface area contributed by atoms with Crippen molar-refractivity contribution in [2.24, 2.45) is 5.41 Å². The molecule has 2 amide bonds. The number of benzene rings is 1. The number of carbonyl (C=O) groups is 2. The van der Waals surface area contributed by atoms with Crippen molar-refractivity contribution in [1.29, 1.82) is 0 Å². The van der Waals surface area contributed by atoms with E-state index in [2.05, 4.69) is 5.32 Å². The van der Waals surface area contributed by atoms with Crippen LogP contribution in [-0.4, -0.2) is 78.4 Å². The van der Waals surface area contributed by atoms with Crippen molar-refractivity contribution < 1.29 is 34.4 Å². The molecule has 4 N–H and O–H groups in total. The molecule has 0 bridgehead atoms. The lowest BCUT2D eigenvalue weighted by molar-refractivity contribution is -0.150. The van der Waals surface area contributed by atoms with E-state index in [4.69, 9.17) is 9.47 Å². The number of hydrogen-bond donors (Lipinski definition) is 4. The van der Waals surface area contributed by atoms with Crippen LogP contribution in [0.1, 0.15) is 20.8 Å². The SMILES string of the molecule is CO[C@@H](C(=O)NC1COc2ccccc2N(C)C1=O)[C@H](O)[C@@H](O)[C@H](O)C=CC(C)(C)C. The molecule has 5 atom stereocenters. The average Bonchev–Trinajstić information content (AvgIpc) is 2.83. The van der Waals surface area contributed by atoms with Gasteiger partial charge in [0, 0.05) is 14.2 Å². The van der Waals surface area contributed by atoms with Crippen LogP contribution in [0.2, 0.25) is 0 Å². The normalized spacial score (nSPS) is 21.0. The molecule has 0 aromatic heterocycles. The lowest BCUT2D eigenvalue weighted by atomic mass is 9.94. The standard InChI is InChI=1S/C22H32N2O7/c1-22(2,3)11-10-15(25)17(26)18(27)19(30-5)20(28)23-13-12-31-16-9-7-6-8-14(16)24(4)21(13)29/h6-11,13,15,17-19,25-27H,12H2,1-5H3,(H,23,28)/t13?,15-,17+,18-,19-/m1/s1. The first-order valence-corrected chi connectivity index (χ1v) is 10.0. The molecule has 0 saturated heterocycles. The van der Waals surface area contributed by atoms with Gasteiger partial charge in [0.25, 0.3) is 11.8 Å². The maximum Gasteiger partial charge on any atom is 0.252 e. The van der Waals surface area contributed by atoms with E-state index in [9.17, 15) is 24.9 Å². The average molecular weight is 437 g/mol. The number of likely N-dealkylation sites (N-methyl/N-ethyl adjacent to an activating group) is 1. The molecular formula is C22H32N2O7. The van der Waals surface area contributed by atoms with E-state index in [0.29, 0.717) is 11.4 Å². The quantitative estimate of drug-likeness (QED) is 0.450. The van der Waals surface area contributed by atoms with Gasteiger partial charge in [0.15, 0.2) is 6.10 Å². The second-order valence-corrected chi connectivity index (χ2v) is 8.59. The minimum Gasteiger partial charge on any atom is -0.489 e. The molecule has 9 heteroatoms. The fraction of sp³-hybridized carbons (Fsp3) is 0.545. The predicted molar refractivity (Wildman–Crippen MR) is 115 cm³/mol. The number of fused-ring (bicyclic) bond motifs is 1. The molecular weight excluding hydrogens is 404 g/mol. The minimum atomic E-state index is -1.73. The maximum atomic E-state index is 12.8. The van der Waals surface area contributed by atoms with Gasteiger partial charge in [0.2, 0.25) is 0 Å². The number of nitrogens with zero attached hydrogens (tertiary/aromatic N) is 1. The third-order valence-electron chi connectivity index (χ3n) is 4.89. The largest absolute Gasteiger partial charge is 0.489 e. The number of methoxy groups -OCH3 is 1. The van der Waals surface area contributed by atoms with Gasteiger partial charge >= 0.3 is 0 Å². The first-order valence-electron chi connectivity index (χ1n) is 10.0. The van der Waals surface area contributed by atoms with Crippen molar-refractivity contribution in [1.82, 2.24) is 5.32 Å². The molecule has 1 aromatic carbocycles. The van der Waals surface area contributed by atoms with Crippen LogP contribution in [0, 0.1) is 5.41 Å². The molecule has 0 spiro atoms. The Morgan fingerprint density at radius 2 is 1.90 bits per heavy atom. The molecule has 0 fully saturated rings. The Kier molecular flexibility index (Phi) is 8.19. The fourth-order valence-electron chi connectivity index (χ4n) is 3.09. The summed E-state index contributed by atoms with van der Waals surface area (Å²) < 4.78 is 10.7. The smallest absolute Gasteiger partial charge is 0.252 e. The first-order chi connectivity index (χ1) is 14.5. The van der Waals surface area contributed by atoms with E-state index in [1.165, 1.54) is 18.1 Å². The molecule has 172 valence electrons. The van der Waals surface area contributed by atoms with Crippen molar-refractivity contribution in [2.45, 2.75) is 51.2 Å². The molecule has 1 aliphatic rings. The lowest BCUT2D eigenvalue weighted by Crippen LogP contribution is -2.56. The van der Waals surface area contributed by atoms with Gasteiger partial charge < -0.3 is 35.0 Å². The number of aliphatic hydroxyl groups is 3. The van der Waals surface area contributed by atoms with Gasteiger partial charge in [-0.1, -0.05) is 45.1 Å². The van der Waals surface area contributed by atoms with Gasteiger partial charge in [0.05, 0.1) is 5.69 Å². The number of amides is 2. The van der Waals surface area contributed by atoms with Gasteiger partial charge in [-0.3, -0.25) is 9.59 Å². The van der Waals surface area contributed by atoms with Crippen molar-refractivity contribution in [3.63, 3.8) is 0 Å². The summed E-state index contributed by atoms with van der Waals surface area (Å²) in [5, 5.41) is 33.4. The van der Waals surface area contributed by atoms with Crippen LogP contribution in [-0.2, 0) is 14.3 Å². The number of ether oxygens (including phenoxy) is 2. The van der Waals surface area contributed by atoms with E-state index in [1.54, 1.807) is 37.4 Å². The molecule has 0 saturated carbocycles. The molecule has 31 heavy (non-hydrogen) atoms. The first kappa shape index (κ1) is 24.8. The Labute approximate surface area is 182 Å². The number of para-hydroxylation sites is 2. The van der Waals surface area contributed by atoms with Gasteiger partial charge in [-0.2, -0.15) is 0 Å². The highest BCUT2D eigenvalue weighted by Crippen LogP contribution is 2.29. The highest BCUT2D eigenvalue weighted by Gasteiger charge is 2.38. The summed E-state index contributed by atoms with van der Waals surface area (Å²) in [6.07, 6.45) is -3.30. The van der Waals surface area contributed by atoms with E-state index in [-0.39, 0.29) is 12.0 Å². The lowest BCUT2D eigenvalue weighted by Gasteiger charge is -2.28. The summed E-state index contributed by atoms with van der Waals surface area (Å²) in [4.78, 5) is 26.9. The van der Waals surface area contributed by atoms with Crippen LogP contribution >= 0.6 is 0 Å². The summed E-state index contributed by atoms with van der Waals surface area (Å²) >= 11 is 0. The number of allylic oxidation sites excluding steroid dienone is 1. The van der Waals surface area contributed by atoms with Crippen LogP contribution in [0.4, 0.5) is 5.69 Å². The van der Waals surface area contributed by atoms with Crippen molar-refractivity contribution in [3.05, 3.63) is 36.4 Å². The number of rotatable bonds is 7. The van der Waals surface area contributed by atoms with Crippen molar-refractivity contribution in [2.75, 3.05) is 25.7 Å². The van der Waals surface area contributed by atoms with Gasteiger partial charge in [-0.15, -0.1) is 0 Å². The molecule has 1 heterocycles. The number of hydrogen-bond acceptors (Lipinski definition) is 7. The summed E-state index contributed by atoms with van der Waals surface area (Å²) in [6.45, 7) is 5.61. The summed E-state index contributed by atoms with van der Waals surface area (Å²) in [5.41, 5.74) is 0.324. The Hall–Kier alpha value is -2.46. The van der Waals surface area contributed by atoms with E-state index in [1.807, 2.05) is 20.8 Å². The second kappa shape index (κ2) is 10.2. The third-order valence-corrected chi connectivity index (χ3v) is 4.89. The van der Waals surface area contributed by atoms with E-state index < -0.39 is 42.3 Å². The molecule has 0 aliphatic carbocycles. The number of carbonyl (C=O) groups excluding carboxylic acids is 2. The van der Waals surface area contributed by atoms with E-state index >= 15 is 0 Å². The Bertz CT molecular complexity index is 805.